The van der Waals surface area contributed by atoms with Crippen LogP contribution in [-0.2, 0) is 12.8 Å². The van der Waals surface area contributed by atoms with Gasteiger partial charge in [0.25, 0.3) is 0 Å². The standard InChI is InChI=1S/C12H18N4/c13-14-11-7-9-8-12(4-1-2-5-12)6-3-10(9)15-16-11/h7H,1-6,8,13H2,(H,14,16). The van der Waals surface area contributed by atoms with Gasteiger partial charge in [-0.15, -0.1) is 5.10 Å². The van der Waals surface area contributed by atoms with Crippen molar-refractivity contribution in [1.82, 2.24) is 10.2 Å². The maximum atomic E-state index is 5.38. The first-order valence-electron chi connectivity index (χ1n) is 6.13. The molecule has 0 aliphatic heterocycles. The number of nitrogens with one attached hydrogen (secondary N) is 1. The summed E-state index contributed by atoms with van der Waals surface area (Å²) >= 11 is 0. The molecule has 0 amide bonds. The van der Waals surface area contributed by atoms with E-state index in [2.05, 4.69) is 21.7 Å². The number of aromatic nitrogens is 2. The van der Waals surface area contributed by atoms with Crippen LogP contribution in [0.4, 0.5) is 5.82 Å². The van der Waals surface area contributed by atoms with Gasteiger partial charge >= 0.3 is 0 Å². The zero-order valence-corrected chi connectivity index (χ0v) is 9.50. The third-order valence-electron chi connectivity index (χ3n) is 4.23. The predicted molar refractivity (Wildman–Crippen MR) is 62.8 cm³/mol. The Hall–Kier alpha value is -1.16. The first kappa shape index (κ1) is 10.0. The first-order valence-corrected chi connectivity index (χ1v) is 6.13. The Morgan fingerprint density at radius 2 is 2.00 bits per heavy atom. The van der Waals surface area contributed by atoms with Crippen molar-refractivity contribution in [3.63, 3.8) is 0 Å². The van der Waals surface area contributed by atoms with Gasteiger partial charge in [0, 0.05) is 0 Å². The number of hydrogen-bond donors (Lipinski definition) is 2. The number of nitrogens with zero attached hydrogens (tertiary/aromatic N) is 2. The highest BCUT2D eigenvalue weighted by Gasteiger charge is 2.37. The average molecular weight is 218 g/mol. The van der Waals surface area contributed by atoms with Crippen LogP contribution in [0.2, 0.25) is 0 Å². The van der Waals surface area contributed by atoms with Gasteiger partial charge in [-0.2, -0.15) is 5.10 Å². The molecule has 3 rings (SSSR count). The second-order valence-corrected chi connectivity index (χ2v) is 5.23. The van der Waals surface area contributed by atoms with E-state index in [0.29, 0.717) is 11.2 Å². The predicted octanol–water partition coefficient (Wildman–Crippen LogP) is 1.81. The van der Waals surface area contributed by atoms with E-state index >= 15 is 0 Å². The Bertz CT molecular complexity index is 396. The highest BCUT2D eigenvalue weighted by Crippen LogP contribution is 2.47. The highest BCUT2D eigenvalue weighted by atomic mass is 15.3. The molecule has 4 heteroatoms. The monoisotopic (exact) mass is 218 g/mol. The topological polar surface area (TPSA) is 63.8 Å². The van der Waals surface area contributed by atoms with Gasteiger partial charge in [0.05, 0.1) is 5.69 Å². The second-order valence-electron chi connectivity index (χ2n) is 5.23. The van der Waals surface area contributed by atoms with Crippen molar-refractivity contribution >= 4 is 5.82 Å². The Labute approximate surface area is 95.6 Å². The van der Waals surface area contributed by atoms with Crippen LogP contribution >= 0.6 is 0 Å². The quantitative estimate of drug-likeness (QED) is 0.557. The van der Waals surface area contributed by atoms with Gasteiger partial charge in [-0.05, 0) is 49.1 Å². The zero-order chi connectivity index (χ0) is 11.0. The molecule has 3 N–H and O–H groups in total. The fourth-order valence-corrected chi connectivity index (χ4v) is 3.32. The summed E-state index contributed by atoms with van der Waals surface area (Å²) in [6, 6.07) is 2.07. The summed E-state index contributed by atoms with van der Waals surface area (Å²) in [5.74, 6) is 6.06. The van der Waals surface area contributed by atoms with Crippen molar-refractivity contribution in [2.24, 2.45) is 11.3 Å². The van der Waals surface area contributed by atoms with Crippen molar-refractivity contribution in [1.29, 1.82) is 0 Å². The number of nitrogens with two attached hydrogens (primary N) is 1. The number of fused-ring (bicyclic) bond motifs is 1. The molecule has 1 aromatic heterocycles. The molecule has 86 valence electrons. The summed E-state index contributed by atoms with van der Waals surface area (Å²) in [5, 5.41) is 8.29. The fraction of sp³-hybridized carbons (Fsp3) is 0.667. The van der Waals surface area contributed by atoms with Crippen LogP contribution in [0.5, 0.6) is 0 Å². The number of aryl methyl sites for hydroxylation is 1. The molecule has 1 spiro atoms. The van der Waals surface area contributed by atoms with E-state index in [4.69, 9.17) is 5.84 Å². The van der Waals surface area contributed by atoms with Crippen LogP contribution in [0, 0.1) is 5.41 Å². The maximum Gasteiger partial charge on any atom is 0.162 e. The third kappa shape index (κ3) is 1.57. The van der Waals surface area contributed by atoms with E-state index in [-0.39, 0.29) is 0 Å². The summed E-state index contributed by atoms with van der Waals surface area (Å²) < 4.78 is 0. The summed E-state index contributed by atoms with van der Waals surface area (Å²) in [5.41, 5.74) is 5.69. The summed E-state index contributed by atoms with van der Waals surface area (Å²) in [6.45, 7) is 0. The van der Waals surface area contributed by atoms with Crippen LogP contribution in [0.1, 0.15) is 43.4 Å². The van der Waals surface area contributed by atoms with Crippen LogP contribution < -0.4 is 11.3 Å². The molecule has 4 nitrogen and oxygen atoms in total. The summed E-state index contributed by atoms with van der Waals surface area (Å²) in [4.78, 5) is 0. The summed E-state index contributed by atoms with van der Waals surface area (Å²) in [7, 11) is 0. The molecule has 16 heavy (non-hydrogen) atoms. The zero-order valence-electron chi connectivity index (χ0n) is 9.50. The van der Waals surface area contributed by atoms with E-state index in [9.17, 15) is 0 Å². The molecule has 2 aliphatic carbocycles. The minimum Gasteiger partial charge on any atom is -0.307 e. The summed E-state index contributed by atoms with van der Waals surface area (Å²) in [6.07, 6.45) is 9.13. The van der Waals surface area contributed by atoms with Crippen molar-refractivity contribution < 1.29 is 0 Å². The molecule has 0 radical (unpaired) electrons. The maximum absolute atomic E-state index is 5.38. The van der Waals surface area contributed by atoms with Crippen LogP contribution in [0.15, 0.2) is 6.07 Å². The molecule has 0 saturated heterocycles. The third-order valence-corrected chi connectivity index (χ3v) is 4.23. The largest absolute Gasteiger partial charge is 0.307 e. The van der Waals surface area contributed by atoms with Gasteiger partial charge in [-0.25, -0.2) is 5.84 Å². The van der Waals surface area contributed by atoms with E-state index in [0.717, 1.165) is 6.42 Å². The van der Waals surface area contributed by atoms with Gasteiger partial charge < -0.3 is 5.43 Å². The van der Waals surface area contributed by atoms with E-state index < -0.39 is 0 Å². The lowest BCUT2D eigenvalue weighted by atomic mass is 9.72. The minimum absolute atomic E-state index is 0.571. The SMILES string of the molecule is NNc1cc2c(nn1)CCC1(CCCC1)C2. The van der Waals surface area contributed by atoms with Crippen LogP contribution in [-0.4, -0.2) is 10.2 Å². The second kappa shape index (κ2) is 3.70. The molecule has 0 bridgehead atoms. The van der Waals surface area contributed by atoms with Crippen LogP contribution in [0.3, 0.4) is 0 Å². The molecular weight excluding hydrogens is 200 g/mol. The fourth-order valence-electron chi connectivity index (χ4n) is 3.32. The Morgan fingerprint density at radius 1 is 1.19 bits per heavy atom. The number of nitrogen functional groups attached to an aromatic ring is 1. The lowest BCUT2D eigenvalue weighted by Crippen LogP contribution is -2.27. The van der Waals surface area contributed by atoms with Gasteiger partial charge in [-0.3, -0.25) is 0 Å². The van der Waals surface area contributed by atoms with E-state index in [1.54, 1.807) is 0 Å². The number of hydrogen-bond acceptors (Lipinski definition) is 4. The van der Waals surface area contributed by atoms with Crippen molar-refractivity contribution in [2.75, 3.05) is 5.43 Å². The smallest absolute Gasteiger partial charge is 0.162 e. The number of hydrazine groups is 1. The Balaban J connectivity index is 1.91. The first-order chi connectivity index (χ1) is 7.81. The molecule has 0 aromatic carbocycles. The van der Waals surface area contributed by atoms with Gasteiger partial charge in [0.1, 0.15) is 0 Å². The lowest BCUT2D eigenvalue weighted by molar-refractivity contribution is 0.252. The Kier molecular flexibility index (Phi) is 2.32. The number of rotatable bonds is 1. The average Bonchev–Trinajstić information content (AvgIpc) is 2.76. The normalized spacial score (nSPS) is 22.1. The molecule has 1 heterocycles. The Morgan fingerprint density at radius 3 is 2.75 bits per heavy atom. The molecule has 1 fully saturated rings. The molecule has 1 aromatic rings. The van der Waals surface area contributed by atoms with E-state index in [1.807, 2.05) is 0 Å². The molecule has 2 aliphatic rings. The number of anilines is 1. The van der Waals surface area contributed by atoms with Gasteiger partial charge in [-0.1, -0.05) is 12.8 Å². The minimum atomic E-state index is 0.571. The molecule has 0 atom stereocenters. The van der Waals surface area contributed by atoms with Crippen molar-refractivity contribution in [3.8, 4) is 0 Å². The van der Waals surface area contributed by atoms with Gasteiger partial charge in [0.2, 0.25) is 0 Å². The molecular formula is C12H18N4. The highest BCUT2D eigenvalue weighted by molar-refractivity contribution is 5.38. The molecule has 0 unspecified atom stereocenters. The van der Waals surface area contributed by atoms with E-state index in [1.165, 1.54) is 49.8 Å². The molecule has 1 saturated carbocycles. The van der Waals surface area contributed by atoms with Crippen LogP contribution in [0.25, 0.3) is 0 Å². The van der Waals surface area contributed by atoms with Gasteiger partial charge in [0.15, 0.2) is 5.82 Å². The van der Waals surface area contributed by atoms with Crippen molar-refractivity contribution in [3.05, 3.63) is 17.3 Å². The lowest BCUT2D eigenvalue weighted by Gasteiger charge is -2.33. The van der Waals surface area contributed by atoms with Crippen molar-refractivity contribution in [2.45, 2.75) is 44.9 Å².